The van der Waals surface area contributed by atoms with Crippen molar-refractivity contribution >= 4 is 27.3 Å². The van der Waals surface area contributed by atoms with Crippen LogP contribution >= 0.6 is 11.3 Å². The van der Waals surface area contributed by atoms with E-state index in [2.05, 4.69) is 26.0 Å². The molecule has 9 heteroatoms. The van der Waals surface area contributed by atoms with Crippen molar-refractivity contribution in [1.29, 1.82) is 0 Å². The van der Waals surface area contributed by atoms with Crippen molar-refractivity contribution in [2.45, 2.75) is 51.0 Å². The molecule has 0 aliphatic carbocycles. The topological polar surface area (TPSA) is 86.7 Å². The van der Waals surface area contributed by atoms with Crippen LogP contribution in [-0.4, -0.2) is 49.8 Å². The molecule has 0 radical (unpaired) electrons. The molecule has 1 aromatic heterocycles. The number of benzene rings is 1. The number of sulfonamides is 1. The minimum atomic E-state index is -3.39. The number of hydrogen-bond acceptors (Lipinski definition) is 5. The van der Waals surface area contributed by atoms with Gasteiger partial charge in [0.1, 0.15) is 0 Å². The van der Waals surface area contributed by atoms with Crippen molar-refractivity contribution in [3.05, 3.63) is 45.9 Å². The van der Waals surface area contributed by atoms with E-state index in [4.69, 9.17) is 0 Å². The van der Waals surface area contributed by atoms with Gasteiger partial charge in [-0.25, -0.2) is 18.4 Å². The molecule has 0 saturated carbocycles. The zero-order valence-electron chi connectivity index (χ0n) is 17.7. The molecule has 1 aromatic carbocycles. The van der Waals surface area contributed by atoms with Crippen LogP contribution in [0.3, 0.4) is 0 Å². The quantitative estimate of drug-likeness (QED) is 0.478. The summed E-state index contributed by atoms with van der Waals surface area (Å²) in [5.74, 6) is 0.745. The van der Waals surface area contributed by atoms with Crippen LogP contribution in [0.5, 0.6) is 0 Å². The second-order valence-corrected chi connectivity index (χ2v) is 10.3. The van der Waals surface area contributed by atoms with E-state index >= 15 is 0 Å². The first kappa shape index (κ1) is 22.7. The van der Waals surface area contributed by atoms with Crippen molar-refractivity contribution in [3.8, 4) is 0 Å². The fourth-order valence-electron chi connectivity index (χ4n) is 3.37. The monoisotopic (exact) mass is 449 g/mol. The van der Waals surface area contributed by atoms with Crippen molar-refractivity contribution < 1.29 is 8.42 Å². The molecule has 0 spiro atoms. The molecule has 0 atom stereocenters. The molecule has 1 aliphatic rings. The van der Waals surface area contributed by atoms with Gasteiger partial charge in [-0.05, 0) is 44.4 Å². The third-order valence-electron chi connectivity index (χ3n) is 4.98. The highest BCUT2D eigenvalue weighted by Crippen LogP contribution is 2.21. The van der Waals surface area contributed by atoms with Crippen molar-refractivity contribution in [2.75, 3.05) is 26.2 Å². The summed E-state index contributed by atoms with van der Waals surface area (Å²) in [6, 6.07) is 7.09. The molecule has 2 heterocycles. The summed E-state index contributed by atoms with van der Waals surface area (Å²) in [7, 11) is -3.39. The lowest BCUT2D eigenvalue weighted by Gasteiger charge is -2.25. The number of hydrogen-bond donors (Lipinski definition) is 2. The van der Waals surface area contributed by atoms with Gasteiger partial charge in [0.25, 0.3) is 0 Å². The van der Waals surface area contributed by atoms with E-state index in [0.29, 0.717) is 24.5 Å². The fourth-order valence-corrected chi connectivity index (χ4v) is 5.53. The first-order valence-corrected chi connectivity index (χ1v) is 12.8. The molecular weight excluding hydrogens is 418 g/mol. The van der Waals surface area contributed by atoms with Crippen LogP contribution in [0.15, 0.2) is 39.5 Å². The van der Waals surface area contributed by atoms with Crippen LogP contribution in [0.25, 0.3) is 0 Å². The molecule has 1 aliphatic heterocycles. The summed E-state index contributed by atoms with van der Waals surface area (Å²) >= 11 is 1.66. The number of aromatic nitrogens is 1. The summed E-state index contributed by atoms with van der Waals surface area (Å²) in [6.07, 6.45) is 3.83. The molecule has 2 N–H and O–H groups in total. The lowest BCUT2D eigenvalue weighted by molar-refractivity contribution is 0.346. The maximum Gasteiger partial charge on any atom is 0.243 e. The van der Waals surface area contributed by atoms with Gasteiger partial charge in [-0.2, -0.15) is 4.31 Å². The number of piperidine rings is 1. The van der Waals surface area contributed by atoms with Gasteiger partial charge in [0.05, 0.1) is 22.1 Å². The van der Waals surface area contributed by atoms with Gasteiger partial charge in [-0.3, -0.25) is 0 Å². The van der Waals surface area contributed by atoms with E-state index in [1.807, 2.05) is 26.0 Å². The lowest BCUT2D eigenvalue weighted by atomic mass is 10.2. The average molecular weight is 450 g/mol. The third-order valence-corrected chi connectivity index (χ3v) is 7.72. The maximum atomic E-state index is 12.8. The Kier molecular flexibility index (Phi) is 8.24. The summed E-state index contributed by atoms with van der Waals surface area (Å²) < 4.78 is 27.1. The highest BCUT2D eigenvalue weighted by molar-refractivity contribution is 7.89. The van der Waals surface area contributed by atoms with Crippen molar-refractivity contribution in [2.24, 2.45) is 4.99 Å². The largest absolute Gasteiger partial charge is 0.357 e. The van der Waals surface area contributed by atoms with E-state index in [0.717, 1.165) is 61.0 Å². The average Bonchev–Trinajstić information content (AvgIpc) is 3.18. The summed E-state index contributed by atoms with van der Waals surface area (Å²) in [4.78, 5) is 9.45. The van der Waals surface area contributed by atoms with Crippen LogP contribution in [0, 0.1) is 6.92 Å². The Labute approximate surface area is 183 Å². The molecule has 3 rings (SSSR count). The third kappa shape index (κ3) is 6.26. The smallest absolute Gasteiger partial charge is 0.243 e. The normalized spacial score (nSPS) is 15.9. The molecule has 0 bridgehead atoms. The first-order valence-electron chi connectivity index (χ1n) is 10.5. The van der Waals surface area contributed by atoms with Gasteiger partial charge < -0.3 is 10.6 Å². The molecule has 1 fully saturated rings. The van der Waals surface area contributed by atoms with E-state index in [1.165, 1.54) is 0 Å². The fraction of sp³-hybridized carbons (Fsp3) is 0.524. The van der Waals surface area contributed by atoms with Crippen molar-refractivity contribution in [3.63, 3.8) is 0 Å². The minimum absolute atomic E-state index is 0.362. The Morgan fingerprint density at radius 3 is 2.53 bits per heavy atom. The van der Waals surface area contributed by atoms with E-state index in [9.17, 15) is 8.42 Å². The number of aliphatic imine (C=N–C) groups is 1. The van der Waals surface area contributed by atoms with E-state index in [-0.39, 0.29) is 0 Å². The lowest BCUT2D eigenvalue weighted by Crippen LogP contribution is -2.38. The molecule has 0 amide bonds. The number of nitrogens with zero attached hydrogens (tertiary/aromatic N) is 3. The van der Waals surface area contributed by atoms with Crippen LogP contribution in [0.1, 0.15) is 42.5 Å². The molecular formula is C21H31N5O2S2. The maximum absolute atomic E-state index is 12.8. The van der Waals surface area contributed by atoms with E-state index in [1.54, 1.807) is 27.8 Å². The predicted molar refractivity (Wildman–Crippen MR) is 122 cm³/mol. The Hall–Kier alpha value is -1.97. The van der Waals surface area contributed by atoms with Gasteiger partial charge in [0, 0.05) is 38.0 Å². The van der Waals surface area contributed by atoms with Gasteiger partial charge in [0.2, 0.25) is 10.0 Å². The highest BCUT2D eigenvalue weighted by atomic mass is 32.2. The Bertz CT molecular complexity index is 933. The van der Waals surface area contributed by atoms with Crippen LogP contribution in [0.4, 0.5) is 0 Å². The van der Waals surface area contributed by atoms with Gasteiger partial charge in [-0.1, -0.05) is 18.6 Å². The second kappa shape index (κ2) is 10.9. The first-order chi connectivity index (χ1) is 14.5. The number of rotatable bonds is 8. The van der Waals surface area contributed by atoms with E-state index < -0.39 is 10.0 Å². The van der Waals surface area contributed by atoms with Crippen LogP contribution < -0.4 is 10.6 Å². The number of guanidine groups is 1. The Morgan fingerprint density at radius 1 is 1.17 bits per heavy atom. The van der Waals surface area contributed by atoms with Gasteiger partial charge in [0.15, 0.2) is 5.96 Å². The Morgan fingerprint density at radius 2 is 1.90 bits per heavy atom. The zero-order chi connectivity index (χ0) is 21.4. The zero-order valence-corrected chi connectivity index (χ0v) is 19.4. The summed E-state index contributed by atoms with van der Waals surface area (Å²) in [6.45, 7) is 7.28. The molecule has 1 saturated heterocycles. The van der Waals surface area contributed by atoms with Gasteiger partial charge >= 0.3 is 0 Å². The predicted octanol–water partition coefficient (Wildman–Crippen LogP) is 2.92. The molecule has 30 heavy (non-hydrogen) atoms. The van der Waals surface area contributed by atoms with Crippen LogP contribution in [0.2, 0.25) is 0 Å². The number of aryl methyl sites for hydroxylation is 1. The molecule has 0 unspecified atom stereocenters. The van der Waals surface area contributed by atoms with Crippen molar-refractivity contribution in [1.82, 2.24) is 19.9 Å². The standard InChI is InChI=1S/C21H31N5O2S2/c1-3-22-21(23-12-11-19-16-29-17(2)25-19)24-15-18-7-9-20(10-8-18)30(27,28)26-13-5-4-6-14-26/h7-10,16H,3-6,11-15H2,1-2H3,(H2,22,23,24). The van der Waals surface area contributed by atoms with Gasteiger partial charge in [-0.15, -0.1) is 11.3 Å². The molecule has 2 aromatic rings. The number of thiazole rings is 1. The SMILES string of the molecule is CCNC(=NCc1ccc(S(=O)(=O)N2CCCCC2)cc1)NCCc1csc(C)n1. The molecule has 164 valence electrons. The highest BCUT2D eigenvalue weighted by Gasteiger charge is 2.25. The van der Waals surface area contributed by atoms with Crippen LogP contribution in [-0.2, 0) is 23.0 Å². The Balaban J connectivity index is 1.57. The summed E-state index contributed by atoms with van der Waals surface area (Å²) in [5.41, 5.74) is 2.06. The summed E-state index contributed by atoms with van der Waals surface area (Å²) in [5, 5.41) is 9.73. The number of nitrogens with one attached hydrogen (secondary N) is 2. The minimum Gasteiger partial charge on any atom is -0.357 e. The second-order valence-electron chi connectivity index (χ2n) is 7.34. The molecule has 7 nitrogen and oxygen atoms in total.